The number of carbonyl (C=O) groups is 2. The van der Waals surface area contributed by atoms with Gasteiger partial charge >= 0.3 is 0 Å². The smallest absolute Gasteiger partial charge is 0.253 e. The molecule has 1 aliphatic rings. The SMILES string of the molecule is Cc1ccc(CCC(=O)N2CCC(NC(=O)c3cccnc3)CC2)o1. The third kappa shape index (κ3) is 4.68. The Morgan fingerprint density at radius 3 is 2.72 bits per heavy atom. The van der Waals surface area contributed by atoms with Crippen LogP contribution in [0.25, 0.3) is 0 Å². The highest BCUT2D eigenvalue weighted by molar-refractivity contribution is 5.94. The molecule has 2 aromatic heterocycles. The third-order valence-corrected chi connectivity index (χ3v) is 4.49. The molecule has 1 fully saturated rings. The number of furan rings is 1. The highest BCUT2D eigenvalue weighted by Crippen LogP contribution is 2.14. The molecule has 1 N–H and O–H groups in total. The Kier molecular flexibility index (Phi) is 5.48. The second-order valence-corrected chi connectivity index (χ2v) is 6.38. The lowest BCUT2D eigenvalue weighted by molar-refractivity contribution is -0.132. The molecule has 0 unspecified atom stereocenters. The van der Waals surface area contributed by atoms with E-state index >= 15 is 0 Å². The van der Waals surface area contributed by atoms with Gasteiger partial charge in [0.25, 0.3) is 5.91 Å². The number of carbonyl (C=O) groups excluding carboxylic acids is 2. The lowest BCUT2D eigenvalue weighted by atomic mass is 10.0. The van der Waals surface area contributed by atoms with Crippen LogP contribution in [0.5, 0.6) is 0 Å². The largest absolute Gasteiger partial charge is 0.466 e. The minimum atomic E-state index is -0.105. The van der Waals surface area contributed by atoms with Gasteiger partial charge in [0.2, 0.25) is 5.91 Å². The number of piperidine rings is 1. The Morgan fingerprint density at radius 2 is 2.08 bits per heavy atom. The summed E-state index contributed by atoms with van der Waals surface area (Å²) in [7, 11) is 0. The first-order valence-corrected chi connectivity index (χ1v) is 8.66. The first-order valence-electron chi connectivity index (χ1n) is 8.66. The van der Waals surface area contributed by atoms with Crippen LogP contribution in [0.3, 0.4) is 0 Å². The molecule has 132 valence electrons. The van der Waals surface area contributed by atoms with E-state index in [-0.39, 0.29) is 17.9 Å². The molecule has 0 saturated carbocycles. The predicted molar refractivity (Wildman–Crippen MR) is 93.1 cm³/mol. The number of hydrogen-bond donors (Lipinski definition) is 1. The highest BCUT2D eigenvalue weighted by atomic mass is 16.3. The molecule has 0 atom stereocenters. The van der Waals surface area contributed by atoms with E-state index in [0.717, 1.165) is 24.4 Å². The number of aromatic nitrogens is 1. The molecule has 2 amide bonds. The second kappa shape index (κ2) is 7.96. The first-order chi connectivity index (χ1) is 12.1. The number of pyridine rings is 1. The average Bonchev–Trinajstić information content (AvgIpc) is 3.06. The van der Waals surface area contributed by atoms with Gasteiger partial charge in [-0.05, 0) is 44.0 Å². The Balaban J connectivity index is 1.42. The van der Waals surface area contributed by atoms with Crippen LogP contribution in [0.15, 0.2) is 41.1 Å². The minimum absolute atomic E-state index is 0.101. The van der Waals surface area contributed by atoms with E-state index < -0.39 is 0 Å². The summed E-state index contributed by atoms with van der Waals surface area (Å²) in [6.45, 7) is 3.25. The van der Waals surface area contributed by atoms with Crippen LogP contribution in [-0.4, -0.2) is 40.8 Å². The van der Waals surface area contributed by atoms with Crippen LogP contribution < -0.4 is 5.32 Å². The number of nitrogens with zero attached hydrogens (tertiary/aromatic N) is 2. The van der Waals surface area contributed by atoms with Crippen LogP contribution in [0, 0.1) is 6.92 Å². The summed E-state index contributed by atoms with van der Waals surface area (Å²) < 4.78 is 5.50. The molecular formula is C19H23N3O3. The van der Waals surface area contributed by atoms with Crippen LogP contribution in [0.2, 0.25) is 0 Å². The van der Waals surface area contributed by atoms with Gasteiger partial charge in [0, 0.05) is 44.4 Å². The van der Waals surface area contributed by atoms with Gasteiger partial charge in [-0.1, -0.05) is 0 Å². The van der Waals surface area contributed by atoms with Gasteiger partial charge in [0.15, 0.2) is 0 Å². The number of aryl methyl sites for hydroxylation is 2. The third-order valence-electron chi connectivity index (χ3n) is 4.49. The molecule has 25 heavy (non-hydrogen) atoms. The van der Waals surface area contributed by atoms with Gasteiger partial charge < -0.3 is 14.6 Å². The molecule has 3 heterocycles. The van der Waals surface area contributed by atoms with Gasteiger partial charge in [-0.25, -0.2) is 0 Å². The van der Waals surface area contributed by atoms with Crippen LogP contribution in [0.1, 0.15) is 41.1 Å². The van der Waals surface area contributed by atoms with E-state index in [1.807, 2.05) is 24.0 Å². The lowest BCUT2D eigenvalue weighted by Gasteiger charge is -2.32. The summed E-state index contributed by atoms with van der Waals surface area (Å²) in [6.07, 6.45) is 5.84. The van der Waals surface area contributed by atoms with Crippen molar-refractivity contribution in [2.45, 2.75) is 38.6 Å². The number of likely N-dealkylation sites (tertiary alicyclic amines) is 1. The van der Waals surface area contributed by atoms with Gasteiger partial charge in [-0.2, -0.15) is 0 Å². The Labute approximate surface area is 147 Å². The molecule has 6 nitrogen and oxygen atoms in total. The summed E-state index contributed by atoms with van der Waals surface area (Å²) in [5, 5.41) is 3.02. The zero-order chi connectivity index (χ0) is 17.6. The van der Waals surface area contributed by atoms with E-state index in [4.69, 9.17) is 4.42 Å². The van der Waals surface area contributed by atoms with Crippen molar-refractivity contribution in [1.82, 2.24) is 15.2 Å². The zero-order valence-electron chi connectivity index (χ0n) is 14.4. The predicted octanol–water partition coefficient (Wildman–Crippen LogP) is 2.34. The number of nitrogens with one attached hydrogen (secondary N) is 1. The number of amides is 2. The molecular weight excluding hydrogens is 318 g/mol. The Hall–Kier alpha value is -2.63. The van der Waals surface area contributed by atoms with Crippen molar-refractivity contribution in [2.24, 2.45) is 0 Å². The molecule has 0 aromatic carbocycles. The summed E-state index contributed by atoms with van der Waals surface area (Å²) in [6, 6.07) is 7.43. The molecule has 3 rings (SSSR count). The maximum Gasteiger partial charge on any atom is 0.253 e. The second-order valence-electron chi connectivity index (χ2n) is 6.38. The Morgan fingerprint density at radius 1 is 1.28 bits per heavy atom. The fourth-order valence-corrected chi connectivity index (χ4v) is 3.05. The van der Waals surface area contributed by atoms with E-state index in [1.165, 1.54) is 0 Å². The summed E-state index contributed by atoms with van der Waals surface area (Å²) in [5.41, 5.74) is 0.565. The van der Waals surface area contributed by atoms with Crippen molar-refractivity contribution in [1.29, 1.82) is 0 Å². The summed E-state index contributed by atoms with van der Waals surface area (Å²) in [5.74, 6) is 1.76. The molecule has 1 aliphatic heterocycles. The molecule has 0 spiro atoms. The van der Waals surface area contributed by atoms with Gasteiger partial charge in [-0.3, -0.25) is 14.6 Å². The minimum Gasteiger partial charge on any atom is -0.466 e. The van der Waals surface area contributed by atoms with Gasteiger partial charge in [-0.15, -0.1) is 0 Å². The quantitative estimate of drug-likeness (QED) is 0.906. The summed E-state index contributed by atoms with van der Waals surface area (Å²) in [4.78, 5) is 30.3. The van der Waals surface area contributed by atoms with Crippen LogP contribution >= 0.6 is 0 Å². The van der Waals surface area contributed by atoms with Crippen molar-refractivity contribution >= 4 is 11.8 Å². The normalized spacial score (nSPS) is 15.2. The zero-order valence-corrected chi connectivity index (χ0v) is 14.4. The van der Waals surface area contributed by atoms with Crippen LogP contribution in [0.4, 0.5) is 0 Å². The maximum absolute atomic E-state index is 12.3. The van der Waals surface area contributed by atoms with E-state index in [0.29, 0.717) is 31.5 Å². The average molecular weight is 341 g/mol. The fourth-order valence-electron chi connectivity index (χ4n) is 3.05. The van der Waals surface area contributed by atoms with E-state index in [9.17, 15) is 9.59 Å². The van der Waals surface area contributed by atoms with Crippen molar-refractivity contribution < 1.29 is 14.0 Å². The van der Waals surface area contributed by atoms with E-state index in [2.05, 4.69) is 10.3 Å². The maximum atomic E-state index is 12.3. The molecule has 0 bridgehead atoms. The van der Waals surface area contributed by atoms with Crippen molar-refractivity contribution in [3.8, 4) is 0 Å². The lowest BCUT2D eigenvalue weighted by Crippen LogP contribution is -2.46. The van der Waals surface area contributed by atoms with Crippen molar-refractivity contribution in [3.05, 3.63) is 53.7 Å². The molecule has 0 radical (unpaired) electrons. The van der Waals surface area contributed by atoms with Gasteiger partial charge in [0.05, 0.1) is 5.56 Å². The van der Waals surface area contributed by atoms with Crippen molar-refractivity contribution in [3.63, 3.8) is 0 Å². The first kappa shape index (κ1) is 17.2. The molecule has 0 aliphatic carbocycles. The standard InChI is InChI=1S/C19H23N3O3/c1-14-4-5-17(25-14)6-7-18(23)22-11-8-16(9-12-22)21-19(24)15-3-2-10-20-13-15/h2-5,10,13,16H,6-9,11-12H2,1H3,(H,21,24). The van der Waals surface area contributed by atoms with Gasteiger partial charge in [0.1, 0.15) is 11.5 Å². The monoisotopic (exact) mass is 341 g/mol. The Bertz CT molecular complexity index is 719. The van der Waals surface area contributed by atoms with E-state index in [1.54, 1.807) is 24.5 Å². The number of rotatable bonds is 5. The highest BCUT2D eigenvalue weighted by Gasteiger charge is 2.24. The fraction of sp³-hybridized carbons (Fsp3) is 0.421. The number of hydrogen-bond acceptors (Lipinski definition) is 4. The van der Waals surface area contributed by atoms with Crippen LogP contribution in [-0.2, 0) is 11.2 Å². The summed E-state index contributed by atoms with van der Waals surface area (Å²) >= 11 is 0. The van der Waals surface area contributed by atoms with Crippen molar-refractivity contribution in [2.75, 3.05) is 13.1 Å². The molecule has 6 heteroatoms. The molecule has 2 aromatic rings. The molecule has 1 saturated heterocycles. The topological polar surface area (TPSA) is 75.4 Å².